The lowest BCUT2D eigenvalue weighted by atomic mass is 10.1. The number of aliphatic hydroxyl groups excluding tert-OH is 2. The van der Waals surface area contributed by atoms with Gasteiger partial charge in [-0.25, -0.2) is 0 Å². The Morgan fingerprint density at radius 3 is 2.06 bits per heavy atom. The topological polar surface area (TPSA) is 71.0 Å². The Labute approximate surface area is 194 Å². The summed E-state index contributed by atoms with van der Waals surface area (Å²) >= 11 is 5.88. The van der Waals surface area contributed by atoms with Crippen LogP contribution in [-0.4, -0.2) is 42.1 Å². The minimum atomic E-state index is -0.672. The van der Waals surface area contributed by atoms with Crippen LogP contribution in [0.1, 0.15) is 5.56 Å². The Balaban J connectivity index is 0.00000341. The zero-order chi connectivity index (χ0) is 21.2. The molecule has 0 fully saturated rings. The largest absolute Gasteiger partial charge is 0.491 e. The molecule has 0 saturated carbocycles. The summed E-state index contributed by atoms with van der Waals surface area (Å²) in [5, 5.41) is 23.6. The molecular formula is C24H27Cl2NO4. The van der Waals surface area contributed by atoms with Gasteiger partial charge in [0.25, 0.3) is 0 Å². The Morgan fingerprint density at radius 2 is 1.45 bits per heavy atom. The van der Waals surface area contributed by atoms with Crippen LogP contribution in [0, 0.1) is 0 Å². The molecule has 0 aromatic heterocycles. The number of para-hydroxylation sites is 1. The summed E-state index contributed by atoms with van der Waals surface area (Å²) < 4.78 is 11.3. The monoisotopic (exact) mass is 463 g/mol. The molecule has 0 saturated heterocycles. The van der Waals surface area contributed by atoms with Crippen LogP contribution < -0.4 is 14.8 Å². The smallest absolute Gasteiger partial charge is 0.127 e. The first-order chi connectivity index (χ1) is 14.6. The Kier molecular flexibility index (Phi) is 10.6. The van der Waals surface area contributed by atoms with E-state index in [1.54, 1.807) is 12.1 Å². The lowest BCUT2D eigenvalue weighted by molar-refractivity contribution is 0.0997. The van der Waals surface area contributed by atoms with E-state index in [0.717, 1.165) is 17.1 Å². The molecule has 0 heterocycles. The standard InChI is InChI=1S/C24H26ClNO4.ClH/c25-19-8-12-24(13-9-19)30-23-10-6-18(7-11-23)14-20(16-27)26-15-21(28)17-29-22-4-2-1-3-5-22;/h1-13,20-21,26-28H,14-17H2;1H/t20-,21-;/m0./s1. The number of hydrogen-bond acceptors (Lipinski definition) is 5. The van der Waals surface area contributed by atoms with Gasteiger partial charge in [0.2, 0.25) is 0 Å². The van der Waals surface area contributed by atoms with Gasteiger partial charge < -0.3 is 25.0 Å². The van der Waals surface area contributed by atoms with Gasteiger partial charge in [-0.05, 0) is 60.5 Å². The summed E-state index contributed by atoms with van der Waals surface area (Å²) in [7, 11) is 0. The van der Waals surface area contributed by atoms with Crippen molar-refractivity contribution >= 4 is 24.0 Å². The molecule has 0 aliphatic rings. The number of aliphatic hydroxyl groups is 2. The van der Waals surface area contributed by atoms with Crippen molar-refractivity contribution in [2.45, 2.75) is 18.6 Å². The van der Waals surface area contributed by atoms with E-state index in [1.807, 2.05) is 66.7 Å². The highest BCUT2D eigenvalue weighted by Gasteiger charge is 2.12. The van der Waals surface area contributed by atoms with E-state index < -0.39 is 6.10 Å². The van der Waals surface area contributed by atoms with Crippen LogP contribution in [-0.2, 0) is 6.42 Å². The van der Waals surface area contributed by atoms with E-state index in [4.69, 9.17) is 21.1 Å². The Bertz CT molecular complexity index is 876. The normalized spacial score (nSPS) is 12.5. The number of rotatable bonds is 11. The molecule has 0 unspecified atom stereocenters. The number of benzene rings is 3. The molecule has 0 amide bonds. The Morgan fingerprint density at radius 1 is 0.839 bits per heavy atom. The van der Waals surface area contributed by atoms with E-state index in [-0.39, 0.29) is 31.7 Å². The second kappa shape index (κ2) is 13.2. The molecule has 0 aliphatic carbocycles. The highest BCUT2D eigenvalue weighted by Crippen LogP contribution is 2.23. The van der Waals surface area contributed by atoms with Crippen molar-refractivity contribution in [3.63, 3.8) is 0 Å². The summed E-state index contributed by atoms with van der Waals surface area (Å²) in [4.78, 5) is 0. The third kappa shape index (κ3) is 8.77. The van der Waals surface area contributed by atoms with Gasteiger partial charge in [-0.2, -0.15) is 0 Å². The number of hydrogen-bond donors (Lipinski definition) is 3. The SMILES string of the molecule is Cl.OC[C@H](Cc1ccc(Oc2ccc(Cl)cc2)cc1)NC[C@H](O)COc1ccccc1. The molecule has 3 rings (SSSR count). The number of halogens is 2. The van der Waals surface area contributed by atoms with Gasteiger partial charge >= 0.3 is 0 Å². The van der Waals surface area contributed by atoms with Crippen LogP contribution >= 0.6 is 24.0 Å². The van der Waals surface area contributed by atoms with Crippen LogP contribution in [0.5, 0.6) is 17.2 Å². The minimum absolute atomic E-state index is 0. The first kappa shape index (κ1) is 25.0. The fourth-order valence-electron chi connectivity index (χ4n) is 2.89. The van der Waals surface area contributed by atoms with Crippen molar-refractivity contribution in [3.05, 3.63) is 89.4 Å². The lowest BCUT2D eigenvalue weighted by Gasteiger charge is -2.19. The predicted molar refractivity (Wildman–Crippen MR) is 126 cm³/mol. The van der Waals surface area contributed by atoms with Crippen LogP contribution in [0.15, 0.2) is 78.9 Å². The van der Waals surface area contributed by atoms with Gasteiger partial charge in [0.05, 0.1) is 6.61 Å². The molecule has 2 atom stereocenters. The molecule has 31 heavy (non-hydrogen) atoms. The third-order valence-electron chi connectivity index (χ3n) is 4.50. The van der Waals surface area contributed by atoms with Gasteiger partial charge in [-0.3, -0.25) is 0 Å². The number of nitrogens with one attached hydrogen (secondary N) is 1. The summed E-state index contributed by atoms with van der Waals surface area (Å²) in [5.74, 6) is 2.16. The zero-order valence-corrected chi connectivity index (χ0v) is 18.6. The second-order valence-corrected chi connectivity index (χ2v) is 7.41. The fourth-order valence-corrected chi connectivity index (χ4v) is 3.01. The van der Waals surface area contributed by atoms with Crippen molar-refractivity contribution in [2.24, 2.45) is 0 Å². The summed E-state index contributed by atoms with van der Waals surface area (Å²) in [6, 6.07) is 24.1. The van der Waals surface area contributed by atoms with E-state index in [1.165, 1.54) is 0 Å². The molecule has 0 bridgehead atoms. The van der Waals surface area contributed by atoms with Gasteiger partial charge in [-0.15, -0.1) is 12.4 Å². The predicted octanol–water partition coefficient (Wildman–Crippen LogP) is 4.49. The molecule has 5 nitrogen and oxygen atoms in total. The second-order valence-electron chi connectivity index (χ2n) is 6.97. The molecule has 0 radical (unpaired) electrons. The maximum absolute atomic E-state index is 10.1. The van der Waals surface area contributed by atoms with E-state index >= 15 is 0 Å². The minimum Gasteiger partial charge on any atom is -0.491 e. The van der Waals surface area contributed by atoms with Crippen molar-refractivity contribution in [1.82, 2.24) is 5.32 Å². The average Bonchev–Trinajstić information content (AvgIpc) is 2.78. The quantitative estimate of drug-likeness (QED) is 0.390. The first-order valence-electron chi connectivity index (χ1n) is 9.85. The van der Waals surface area contributed by atoms with Gasteiger partial charge in [0.1, 0.15) is 30.0 Å². The fraction of sp³-hybridized carbons (Fsp3) is 0.250. The number of ether oxygens (including phenoxy) is 2. The van der Waals surface area contributed by atoms with Crippen molar-refractivity contribution in [3.8, 4) is 17.2 Å². The summed E-state index contributed by atoms with van der Waals surface area (Å²) in [5.41, 5.74) is 1.06. The van der Waals surface area contributed by atoms with Crippen molar-refractivity contribution < 1.29 is 19.7 Å². The third-order valence-corrected chi connectivity index (χ3v) is 4.75. The molecule has 3 aromatic rings. The van der Waals surface area contributed by atoms with Gasteiger partial charge in [0.15, 0.2) is 0 Å². The maximum Gasteiger partial charge on any atom is 0.127 e. The first-order valence-corrected chi connectivity index (χ1v) is 10.2. The summed E-state index contributed by atoms with van der Waals surface area (Å²) in [6.07, 6.45) is -0.0429. The highest BCUT2D eigenvalue weighted by molar-refractivity contribution is 6.30. The van der Waals surface area contributed by atoms with E-state index in [0.29, 0.717) is 23.7 Å². The van der Waals surface area contributed by atoms with Crippen LogP contribution in [0.25, 0.3) is 0 Å². The van der Waals surface area contributed by atoms with Crippen molar-refractivity contribution in [2.75, 3.05) is 19.8 Å². The average molecular weight is 464 g/mol. The van der Waals surface area contributed by atoms with Crippen LogP contribution in [0.2, 0.25) is 5.02 Å². The van der Waals surface area contributed by atoms with Crippen LogP contribution in [0.4, 0.5) is 0 Å². The zero-order valence-electron chi connectivity index (χ0n) is 17.0. The lowest BCUT2D eigenvalue weighted by Crippen LogP contribution is -2.41. The van der Waals surface area contributed by atoms with E-state index in [2.05, 4.69) is 5.32 Å². The van der Waals surface area contributed by atoms with Crippen LogP contribution in [0.3, 0.4) is 0 Å². The molecule has 3 aromatic carbocycles. The molecule has 0 aliphatic heterocycles. The Hall–Kier alpha value is -2.28. The maximum atomic E-state index is 10.1. The molecule has 7 heteroatoms. The van der Waals surface area contributed by atoms with Gasteiger partial charge in [-0.1, -0.05) is 41.9 Å². The molecule has 166 valence electrons. The van der Waals surface area contributed by atoms with Gasteiger partial charge in [0, 0.05) is 17.6 Å². The molecule has 3 N–H and O–H groups in total. The molecule has 0 spiro atoms. The van der Waals surface area contributed by atoms with Crippen molar-refractivity contribution in [1.29, 1.82) is 0 Å². The van der Waals surface area contributed by atoms with E-state index in [9.17, 15) is 10.2 Å². The summed E-state index contributed by atoms with van der Waals surface area (Å²) in [6.45, 7) is 0.483. The highest BCUT2D eigenvalue weighted by atomic mass is 35.5. The molecular weight excluding hydrogens is 437 g/mol.